The predicted octanol–water partition coefficient (Wildman–Crippen LogP) is 5.22. The SMILES string of the molecule is Cn1nc(Cl)c(-c2c(F)cccc2F)c1C(F)c1ccccc1F. The maximum atomic E-state index is 15.0. The molecule has 1 atom stereocenters. The van der Waals surface area contributed by atoms with Crippen molar-refractivity contribution in [3.8, 4) is 11.1 Å². The number of benzene rings is 2. The van der Waals surface area contributed by atoms with Gasteiger partial charge in [-0.1, -0.05) is 35.9 Å². The van der Waals surface area contributed by atoms with Crippen molar-refractivity contribution in [2.24, 2.45) is 7.05 Å². The summed E-state index contributed by atoms with van der Waals surface area (Å²) in [6, 6.07) is 8.48. The molecular weight excluding hydrogens is 344 g/mol. The van der Waals surface area contributed by atoms with Gasteiger partial charge >= 0.3 is 0 Å². The van der Waals surface area contributed by atoms with Crippen molar-refractivity contribution >= 4 is 11.6 Å². The molecule has 1 heterocycles. The Balaban J connectivity index is 2.26. The maximum Gasteiger partial charge on any atom is 0.170 e. The van der Waals surface area contributed by atoms with Crippen molar-refractivity contribution in [2.75, 3.05) is 0 Å². The van der Waals surface area contributed by atoms with Gasteiger partial charge in [0.15, 0.2) is 11.3 Å². The largest absolute Gasteiger partial charge is 0.267 e. The molecule has 0 aliphatic rings. The van der Waals surface area contributed by atoms with Gasteiger partial charge in [0.25, 0.3) is 0 Å². The zero-order valence-corrected chi connectivity index (χ0v) is 13.2. The molecule has 3 aromatic rings. The Hall–Kier alpha value is -2.34. The molecule has 0 aliphatic carbocycles. The van der Waals surface area contributed by atoms with E-state index in [0.29, 0.717) is 0 Å². The molecule has 24 heavy (non-hydrogen) atoms. The molecule has 0 saturated heterocycles. The Morgan fingerprint density at radius 2 is 1.50 bits per heavy atom. The van der Waals surface area contributed by atoms with E-state index in [-0.39, 0.29) is 22.0 Å². The van der Waals surface area contributed by atoms with Gasteiger partial charge < -0.3 is 0 Å². The second kappa shape index (κ2) is 6.28. The zero-order chi connectivity index (χ0) is 17.4. The fourth-order valence-electron chi connectivity index (χ4n) is 2.59. The second-order valence-corrected chi connectivity index (χ2v) is 5.51. The number of alkyl halides is 1. The number of aromatic nitrogens is 2. The molecule has 0 fully saturated rings. The van der Waals surface area contributed by atoms with Gasteiger partial charge in [0, 0.05) is 12.6 Å². The van der Waals surface area contributed by atoms with Gasteiger partial charge in [0.1, 0.15) is 17.5 Å². The summed E-state index contributed by atoms with van der Waals surface area (Å²) in [5, 5.41) is 3.56. The van der Waals surface area contributed by atoms with Crippen LogP contribution in [0, 0.1) is 17.5 Å². The molecule has 1 unspecified atom stereocenters. The standard InChI is InChI=1S/C17H11ClF4N2/c1-24-16(15(22)9-5-2-3-6-10(9)19)14(17(18)23-24)13-11(20)7-4-8-12(13)21/h2-8,15H,1H3. The summed E-state index contributed by atoms with van der Waals surface area (Å²) >= 11 is 5.97. The molecule has 0 N–H and O–H groups in total. The van der Waals surface area contributed by atoms with Crippen LogP contribution >= 0.6 is 11.6 Å². The maximum absolute atomic E-state index is 15.0. The molecule has 0 bridgehead atoms. The molecule has 0 aliphatic heterocycles. The smallest absolute Gasteiger partial charge is 0.170 e. The molecule has 3 rings (SSSR count). The molecule has 0 amide bonds. The molecule has 7 heteroatoms. The predicted molar refractivity (Wildman–Crippen MR) is 82.9 cm³/mol. The van der Waals surface area contributed by atoms with Crippen molar-refractivity contribution < 1.29 is 17.6 Å². The Kier molecular flexibility index (Phi) is 4.32. The quantitative estimate of drug-likeness (QED) is 0.590. The summed E-state index contributed by atoms with van der Waals surface area (Å²) in [5.74, 6) is -2.60. The van der Waals surface area contributed by atoms with E-state index in [0.717, 1.165) is 22.9 Å². The lowest BCUT2D eigenvalue weighted by Crippen LogP contribution is -2.07. The lowest BCUT2D eigenvalue weighted by Gasteiger charge is -2.13. The first-order chi connectivity index (χ1) is 11.4. The van der Waals surface area contributed by atoms with Crippen LogP contribution in [-0.2, 0) is 7.05 Å². The van der Waals surface area contributed by atoms with E-state index in [1.807, 2.05) is 0 Å². The summed E-state index contributed by atoms with van der Waals surface area (Å²) in [7, 11) is 1.37. The van der Waals surface area contributed by atoms with Crippen molar-refractivity contribution in [3.05, 3.63) is 76.3 Å². The minimum Gasteiger partial charge on any atom is -0.267 e. The highest BCUT2D eigenvalue weighted by atomic mass is 35.5. The van der Waals surface area contributed by atoms with E-state index in [2.05, 4.69) is 5.10 Å². The highest BCUT2D eigenvalue weighted by Crippen LogP contribution is 2.40. The Bertz CT molecular complexity index is 887. The van der Waals surface area contributed by atoms with Crippen LogP contribution in [0.2, 0.25) is 5.15 Å². The fraction of sp³-hybridized carbons (Fsp3) is 0.118. The van der Waals surface area contributed by atoms with Crippen LogP contribution in [0.25, 0.3) is 11.1 Å². The molecule has 124 valence electrons. The van der Waals surface area contributed by atoms with Crippen LogP contribution in [-0.4, -0.2) is 9.78 Å². The Labute approximate surface area is 140 Å². The summed E-state index contributed by atoms with van der Waals surface area (Å²) in [6.07, 6.45) is -2.00. The van der Waals surface area contributed by atoms with E-state index >= 15 is 4.39 Å². The first-order valence-electron chi connectivity index (χ1n) is 6.97. The van der Waals surface area contributed by atoms with Crippen LogP contribution in [0.3, 0.4) is 0 Å². The van der Waals surface area contributed by atoms with Gasteiger partial charge in [-0.3, -0.25) is 4.68 Å². The van der Waals surface area contributed by atoms with Crippen molar-refractivity contribution in [1.29, 1.82) is 0 Å². The van der Waals surface area contributed by atoms with Crippen molar-refractivity contribution in [3.63, 3.8) is 0 Å². The summed E-state index contributed by atoms with van der Waals surface area (Å²) in [5.41, 5.74) is -1.22. The zero-order valence-electron chi connectivity index (χ0n) is 12.4. The third-order valence-electron chi connectivity index (χ3n) is 3.68. The van der Waals surface area contributed by atoms with Crippen LogP contribution in [0.5, 0.6) is 0 Å². The number of aryl methyl sites for hydroxylation is 1. The average molecular weight is 355 g/mol. The Morgan fingerprint density at radius 3 is 2.12 bits per heavy atom. The third kappa shape index (κ3) is 2.67. The van der Waals surface area contributed by atoms with Gasteiger partial charge in [-0.2, -0.15) is 5.10 Å². The molecule has 1 aromatic heterocycles. The van der Waals surface area contributed by atoms with Crippen molar-refractivity contribution in [2.45, 2.75) is 6.17 Å². The van der Waals surface area contributed by atoms with Crippen LogP contribution < -0.4 is 0 Å². The monoisotopic (exact) mass is 354 g/mol. The van der Waals surface area contributed by atoms with E-state index in [1.165, 1.54) is 31.3 Å². The van der Waals surface area contributed by atoms with E-state index in [4.69, 9.17) is 11.6 Å². The number of hydrogen-bond donors (Lipinski definition) is 0. The van der Waals surface area contributed by atoms with Crippen LogP contribution in [0.1, 0.15) is 17.4 Å². The van der Waals surface area contributed by atoms with E-state index in [1.54, 1.807) is 0 Å². The van der Waals surface area contributed by atoms with Crippen molar-refractivity contribution in [1.82, 2.24) is 9.78 Å². The average Bonchev–Trinajstić information content (AvgIpc) is 2.81. The number of nitrogens with zero attached hydrogens (tertiary/aromatic N) is 2. The molecule has 0 spiro atoms. The summed E-state index contributed by atoms with van der Waals surface area (Å²) in [4.78, 5) is 0. The van der Waals surface area contributed by atoms with Crippen LogP contribution in [0.4, 0.5) is 17.6 Å². The van der Waals surface area contributed by atoms with Gasteiger partial charge in [-0.05, 0) is 18.2 Å². The molecular formula is C17H11ClF4N2. The fourth-order valence-corrected chi connectivity index (χ4v) is 2.89. The second-order valence-electron chi connectivity index (χ2n) is 5.16. The van der Waals surface area contributed by atoms with Crippen LogP contribution in [0.15, 0.2) is 42.5 Å². The molecule has 0 radical (unpaired) electrons. The molecule has 0 saturated carbocycles. The summed E-state index contributed by atoms with van der Waals surface area (Å²) in [6.45, 7) is 0. The first kappa shape index (κ1) is 16.5. The molecule has 2 nitrogen and oxygen atoms in total. The van der Waals surface area contributed by atoms with Gasteiger partial charge in [0.2, 0.25) is 0 Å². The van der Waals surface area contributed by atoms with Gasteiger partial charge in [0.05, 0.1) is 16.8 Å². The number of hydrogen-bond acceptors (Lipinski definition) is 1. The third-order valence-corrected chi connectivity index (χ3v) is 3.94. The summed E-state index contributed by atoms with van der Waals surface area (Å²) < 4.78 is 58.2. The minimum atomic E-state index is -2.00. The Morgan fingerprint density at radius 1 is 0.917 bits per heavy atom. The van der Waals surface area contributed by atoms with Gasteiger partial charge in [-0.15, -0.1) is 0 Å². The lowest BCUT2D eigenvalue weighted by molar-refractivity contribution is 0.368. The van der Waals surface area contributed by atoms with E-state index in [9.17, 15) is 13.2 Å². The molecule has 2 aromatic carbocycles. The highest BCUT2D eigenvalue weighted by molar-refractivity contribution is 6.32. The number of rotatable bonds is 3. The first-order valence-corrected chi connectivity index (χ1v) is 7.35. The van der Waals surface area contributed by atoms with E-state index < -0.39 is 29.2 Å². The minimum absolute atomic E-state index is 0.228. The normalized spacial score (nSPS) is 12.4. The highest BCUT2D eigenvalue weighted by Gasteiger charge is 2.30. The topological polar surface area (TPSA) is 17.8 Å². The lowest BCUT2D eigenvalue weighted by atomic mass is 9.99. The van der Waals surface area contributed by atoms with Gasteiger partial charge in [-0.25, -0.2) is 17.6 Å². The number of halogens is 5.